The van der Waals surface area contributed by atoms with Crippen molar-refractivity contribution in [3.05, 3.63) is 0 Å². The molecule has 10 heavy (non-hydrogen) atoms. The fraction of sp³-hybridized carbons (Fsp3) is 0.875. The Kier molecular flexibility index (Phi) is 2.30. The molecule has 2 nitrogen and oxygen atoms in total. The summed E-state index contributed by atoms with van der Waals surface area (Å²) in [6.45, 7) is 5.44. The zero-order chi connectivity index (χ0) is 7.56. The van der Waals surface area contributed by atoms with E-state index in [9.17, 15) is 0 Å². The maximum absolute atomic E-state index is 5.61. The van der Waals surface area contributed by atoms with Gasteiger partial charge in [-0.05, 0) is 18.3 Å². The summed E-state index contributed by atoms with van der Waals surface area (Å²) in [5, 5.41) is 0. The van der Waals surface area contributed by atoms with E-state index in [1.165, 1.54) is 6.42 Å². The number of nitrogens with zero attached hydrogens (tertiary/aromatic N) is 1. The van der Waals surface area contributed by atoms with E-state index in [2.05, 4.69) is 18.8 Å². The fourth-order valence-electron chi connectivity index (χ4n) is 1.18. The van der Waals surface area contributed by atoms with Crippen molar-refractivity contribution in [2.24, 2.45) is 22.6 Å². The minimum atomic E-state index is 0.709. The topological polar surface area (TPSA) is 38.4 Å². The summed E-state index contributed by atoms with van der Waals surface area (Å²) in [5.74, 6) is 2.34. The third-order valence-electron chi connectivity index (χ3n) is 2.41. The number of aliphatic imine (C=N–C) groups is 1. The summed E-state index contributed by atoms with van der Waals surface area (Å²) >= 11 is 0. The second kappa shape index (κ2) is 3.04. The molecule has 1 heterocycles. The van der Waals surface area contributed by atoms with Crippen LogP contribution in [0.2, 0.25) is 0 Å². The summed E-state index contributed by atoms with van der Waals surface area (Å²) in [6.07, 6.45) is 2.20. The minimum absolute atomic E-state index is 0.709. The van der Waals surface area contributed by atoms with Gasteiger partial charge >= 0.3 is 0 Å². The van der Waals surface area contributed by atoms with Crippen molar-refractivity contribution in [3.63, 3.8) is 0 Å². The van der Waals surface area contributed by atoms with Crippen LogP contribution in [0, 0.1) is 11.8 Å². The van der Waals surface area contributed by atoms with Crippen LogP contribution in [0.25, 0.3) is 0 Å². The highest BCUT2D eigenvalue weighted by atomic mass is 14.9. The molecule has 2 atom stereocenters. The molecule has 0 aromatic rings. The Hall–Kier alpha value is -0.530. The van der Waals surface area contributed by atoms with Crippen LogP contribution in [0.5, 0.6) is 0 Å². The minimum Gasteiger partial charge on any atom is -0.387 e. The molecule has 1 rings (SSSR count). The van der Waals surface area contributed by atoms with Crippen LogP contribution >= 0.6 is 0 Å². The summed E-state index contributed by atoms with van der Waals surface area (Å²) in [7, 11) is 0. The summed E-state index contributed by atoms with van der Waals surface area (Å²) in [4.78, 5) is 4.25. The first-order valence-corrected chi connectivity index (χ1v) is 3.99. The van der Waals surface area contributed by atoms with Gasteiger partial charge in [0.25, 0.3) is 0 Å². The van der Waals surface area contributed by atoms with Gasteiger partial charge in [0, 0.05) is 13.0 Å². The molecule has 0 aromatic carbocycles. The third-order valence-corrected chi connectivity index (χ3v) is 2.41. The predicted molar refractivity (Wildman–Crippen MR) is 44.1 cm³/mol. The van der Waals surface area contributed by atoms with E-state index in [0.29, 0.717) is 5.92 Å². The van der Waals surface area contributed by atoms with Crippen LogP contribution in [0.1, 0.15) is 26.7 Å². The molecule has 0 amide bonds. The zero-order valence-electron chi connectivity index (χ0n) is 6.80. The van der Waals surface area contributed by atoms with Gasteiger partial charge in [-0.3, -0.25) is 4.99 Å². The van der Waals surface area contributed by atoms with E-state index < -0.39 is 0 Å². The Morgan fingerprint density at radius 2 is 2.10 bits per heavy atom. The van der Waals surface area contributed by atoms with Gasteiger partial charge in [0.1, 0.15) is 0 Å². The molecule has 0 saturated carbocycles. The number of amidine groups is 1. The number of hydrogen-bond acceptors (Lipinski definition) is 2. The fourth-order valence-corrected chi connectivity index (χ4v) is 1.18. The van der Waals surface area contributed by atoms with Crippen molar-refractivity contribution < 1.29 is 0 Å². The molecule has 2 N–H and O–H groups in total. The van der Waals surface area contributed by atoms with E-state index in [0.717, 1.165) is 24.7 Å². The first-order valence-electron chi connectivity index (χ1n) is 3.99. The van der Waals surface area contributed by atoms with E-state index in [-0.39, 0.29) is 0 Å². The van der Waals surface area contributed by atoms with Crippen molar-refractivity contribution in [2.45, 2.75) is 26.7 Å². The Bertz CT molecular complexity index is 140. The van der Waals surface area contributed by atoms with Crippen molar-refractivity contribution in [1.82, 2.24) is 0 Å². The Morgan fingerprint density at radius 1 is 1.40 bits per heavy atom. The van der Waals surface area contributed by atoms with Crippen molar-refractivity contribution >= 4 is 5.84 Å². The van der Waals surface area contributed by atoms with Crippen LogP contribution in [0.15, 0.2) is 4.99 Å². The Morgan fingerprint density at radius 3 is 2.80 bits per heavy atom. The van der Waals surface area contributed by atoms with Crippen LogP contribution in [0.4, 0.5) is 0 Å². The molecule has 0 aliphatic carbocycles. The molecule has 58 valence electrons. The molecule has 1 aliphatic heterocycles. The van der Waals surface area contributed by atoms with Crippen molar-refractivity contribution in [3.8, 4) is 0 Å². The molecule has 2 heteroatoms. The lowest BCUT2D eigenvalue weighted by molar-refractivity contribution is 0.388. The third kappa shape index (κ3) is 1.72. The maximum atomic E-state index is 5.61. The molecule has 0 saturated heterocycles. The zero-order valence-corrected chi connectivity index (χ0v) is 6.80. The standard InChI is InChI=1S/C8H16N2/c1-6-3-4-8(9)10-5-7(6)2/h6-7H,3-5H2,1-2H3,(H2,9,10). The molecule has 2 unspecified atom stereocenters. The van der Waals surface area contributed by atoms with Crippen LogP contribution in [-0.4, -0.2) is 12.4 Å². The van der Waals surface area contributed by atoms with Crippen LogP contribution in [0.3, 0.4) is 0 Å². The smallest absolute Gasteiger partial charge is 0.0937 e. The predicted octanol–water partition coefficient (Wildman–Crippen LogP) is 1.41. The van der Waals surface area contributed by atoms with Gasteiger partial charge in [-0.2, -0.15) is 0 Å². The second-order valence-corrected chi connectivity index (χ2v) is 3.33. The van der Waals surface area contributed by atoms with Crippen molar-refractivity contribution in [2.75, 3.05) is 6.54 Å². The molecule has 0 aromatic heterocycles. The molecular formula is C8H16N2. The van der Waals surface area contributed by atoms with Gasteiger partial charge in [0.15, 0.2) is 0 Å². The van der Waals surface area contributed by atoms with E-state index in [4.69, 9.17) is 5.73 Å². The number of nitrogens with two attached hydrogens (primary N) is 1. The van der Waals surface area contributed by atoms with Gasteiger partial charge in [0.05, 0.1) is 5.84 Å². The molecule has 0 bridgehead atoms. The highest BCUT2D eigenvalue weighted by molar-refractivity contribution is 5.80. The SMILES string of the molecule is CC1CCC(N)=NCC1C. The van der Waals surface area contributed by atoms with Crippen LogP contribution < -0.4 is 5.73 Å². The summed E-state index contributed by atoms with van der Waals surface area (Å²) in [6, 6.07) is 0. The van der Waals surface area contributed by atoms with Gasteiger partial charge in [0.2, 0.25) is 0 Å². The molecule has 0 fully saturated rings. The van der Waals surface area contributed by atoms with E-state index in [1.54, 1.807) is 0 Å². The molecule has 0 spiro atoms. The van der Waals surface area contributed by atoms with Gasteiger partial charge < -0.3 is 5.73 Å². The number of hydrogen-bond donors (Lipinski definition) is 1. The second-order valence-electron chi connectivity index (χ2n) is 3.33. The quantitative estimate of drug-likeness (QED) is 0.543. The molecular weight excluding hydrogens is 124 g/mol. The molecule has 1 aliphatic rings. The lowest BCUT2D eigenvalue weighted by atomic mass is 9.93. The largest absolute Gasteiger partial charge is 0.387 e. The van der Waals surface area contributed by atoms with Gasteiger partial charge in [-0.25, -0.2) is 0 Å². The summed E-state index contributed by atoms with van der Waals surface area (Å²) < 4.78 is 0. The Balaban J connectivity index is 2.52. The van der Waals surface area contributed by atoms with Gasteiger partial charge in [-0.1, -0.05) is 13.8 Å². The summed E-state index contributed by atoms with van der Waals surface area (Å²) in [5.41, 5.74) is 5.61. The number of rotatable bonds is 0. The molecule has 0 radical (unpaired) electrons. The lowest BCUT2D eigenvalue weighted by Crippen LogP contribution is -2.10. The van der Waals surface area contributed by atoms with Crippen molar-refractivity contribution in [1.29, 1.82) is 0 Å². The van der Waals surface area contributed by atoms with E-state index >= 15 is 0 Å². The maximum Gasteiger partial charge on any atom is 0.0937 e. The van der Waals surface area contributed by atoms with Crippen LogP contribution in [-0.2, 0) is 0 Å². The monoisotopic (exact) mass is 140 g/mol. The Labute approximate surface area is 62.5 Å². The van der Waals surface area contributed by atoms with E-state index in [1.807, 2.05) is 0 Å². The van der Waals surface area contributed by atoms with Gasteiger partial charge in [-0.15, -0.1) is 0 Å². The average Bonchev–Trinajstić information content (AvgIpc) is 2.04. The normalized spacial score (nSPS) is 34.8. The highest BCUT2D eigenvalue weighted by Gasteiger charge is 2.14. The average molecular weight is 140 g/mol. The first-order chi connectivity index (χ1) is 4.70. The highest BCUT2D eigenvalue weighted by Crippen LogP contribution is 2.19. The first kappa shape index (κ1) is 7.58. The lowest BCUT2D eigenvalue weighted by Gasteiger charge is -2.13.